The van der Waals surface area contributed by atoms with E-state index in [1.165, 1.54) is 0 Å². The van der Waals surface area contributed by atoms with Gasteiger partial charge in [-0.1, -0.05) is 18.2 Å². The third kappa shape index (κ3) is 5.07. The maximum absolute atomic E-state index is 6.22. The second-order valence-corrected chi connectivity index (χ2v) is 4.65. The molecule has 102 valence electrons. The minimum absolute atomic E-state index is 0.0143. The van der Waals surface area contributed by atoms with Crippen molar-refractivity contribution >= 4 is 0 Å². The molecule has 3 heteroatoms. The monoisotopic (exact) mass is 251 g/mol. The van der Waals surface area contributed by atoms with E-state index in [2.05, 4.69) is 0 Å². The van der Waals surface area contributed by atoms with Gasteiger partial charge in [0.05, 0.1) is 6.10 Å². The summed E-state index contributed by atoms with van der Waals surface area (Å²) < 4.78 is 11.1. The normalized spacial score (nSPS) is 12.7. The first-order chi connectivity index (χ1) is 8.65. The minimum Gasteiger partial charge on any atom is -0.491 e. The van der Waals surface area contributed by atoms with Gasteiger partial charge in [-0.25, -0.2) is 0 Å². The van der Waals surface area contributed by atoms with E-state index in [0.717, 1.165) is 37.4 Å². The average molecular weight is 251 g/mol. The summed E-state index contributed by atoms with van der Waals surface area (Å²) in [7, 11) is 0. The molecule has 0 aliphatic carbocycles. The second-order valence-electron chi connectivity index (χ2n) is 4.65. The van der Waals surface area contributed by atoms with Crippen LogP contribution in [0.5, 0.6) is 5.75 Å². The largest absolute Gasteiger partial charge is 0.491 e. The molecular weight excluding hydrogens is 226 g/mol. The molecule has 0 saturated heterocycles. The lowest BCUT2D eigenvalue weighted by Gasteiger charge is -2.18. The van der Waals surface area contributed by atoms with Crippen LogP contribution in [-0.2, 0) is 4.74 Å². The predicted molar refractivity (Wildman–Crippen MR) is 74.9 cm³/mol. The van der Waals surface area contributed by atoms with Gasteiger partial charge in [-0.2, -0.15) is 0 Å². The summed E-state index contributed by atoms with van der Waals surface area (Å²) in [4.78, 5) is 0. The van der Waals surface area contributed by atoms with Crippen molar-refractivity contribution in [2.45, 2.75) is 45.8 Å². The first-order valence-electron chi connectivity index (χ1n) is 6.74. The van der Waals surface area contributed by atoms with Gasteiger partial charge in [-0.05, 0) is 39.7 Å². The van der Waals surface area contributed by atoms with Crippen molar-refractivity contribution in [2.24, 2.45) is 5.73 Å². The topological polar surface area (TPSA) is 44.5 Å². The summed E-state index contributed by atoms with van der Waals surface area (Å²) in [5, 5.41) is 0. The van der Waals surface area contributed by atoms with Crippen LogP contribution in [0.3, 0.4) is 0 Å². The van der Waals surface area contributed by atoms with Crippen molar-refractivity contribution in [3.05, 3.63) is 29.8 Å². The van der Waals surface area contributed by atoms with Gasteiger partial charge in [0, 0.05) is 24.8 Å². The molecule has 0 spiro atoms. The van der Waals surface area contributed by atoms with E-state index in [9.17, 15) is 0 Å². The fourth-order valence-corrected chi connectivity index (χ4v) is 1.85. The van der Waals surface area contributed by atoms with Gasteiger partial charge < -0.3 is 15.2 Å². The number of benzene rings is 1. The van der Waals surface area contributed by atoms with Gasteiger partial charge in [0.1, 0.15) is 5.75 Å². The lowest BCUT2D eigenvalue weighted by molar-refractivity contribution is 0.141. The highest BCUT2D eigenvalue weighted by molar-refractivity contribution is 5.35. The van der Waals surface area contributed by atoms with E-state index in [1.54, 1.807) is 0 Å². The molecule has 0 fully saturated rings. The molecule has 0 amide bonds. The van der Waals surface area contributed by atoms with Crippen LogP contribution in [0.15, 0.2) is 24.3 Å². The second kappa shape index (κ2) is 8.11. The predicted octanol–water partition coefficient (Wildman–Crippen LogP) is 3.29. The highest BCUT2D eigenvalue weighted by Gasteiger charge is 2.12. The molecular formula is C15H25NO2. The van der Waals surface area contributed by atoms with E-state index in [0.29, 0.717) is 0 Å². The Morgan fingerprint density at radius 3 is 2.61 bits per heavy atom. The summed E-state index contributed by atoms with van der Waals surface area (Å²) >= 11 is 0. The Hall–Kier alpha value is -1.06. The highest BCUT2D eigenvalue weighted by Crippen LogP contribution is 2.27. The van der Waals surface area contributed by atoms with E-state index < -0.39 is 0 Å². The van der Waals surface area contributed by atoms with Gasteiger partial charge in [0.2, 0.25) is 0 Å². The number of hydrogen-bond acceptors (Lipinski definition) is 3. The summed E-state index contributed by atoms with van der Waals surface area (Å²) in [5.74, 6) is 0.899. The lowest BCUT2D eigenvalue weighted by atomic mass is 10.0. The third-order valence-corrected chi connectivity index (χ3v) is 2.69. The Morgan fingerprint density at radius 1 is 1.22 bits per heavy atom. The highest BCUT2D eigenvalue weighted by atomic mass is 16.5. The molecule has 0 aromatic heterocycles. The van der Waals surface area contributed by atoms with Gasteiger partial charge >= 0.3 is 0 Å². The van der Waals surface area contributed by atoms with Crippen molar-refractivity contribution in [1.82, 2.24) is 0 Å². The summed E-state index contributed by atoms with van der Waals surface area (Å²) in [6, 6.07) is 8.03. The molecule has 0 aliphatic heterocycles. The van der Waals surface area contributed by atoms with Crippen molar-refractivity contribution in [3.8, 4) is 5.75 Å². The van der Waals surface area contributed by atoms with E-state index in [1.807, 2.05) is 45.0 Å². The van der Waals surface area contributed by atoms with Gasteiger partial charge in [-0.15, -0.1) is 0 Å². The average Bonchev–Trinajstić information content (AvgIpc) is 2.34. The van der Waals surface area contributed by atoms with Gasteiger partial charge in [0.25, 0.3) is 0 Å². The Balaban J connectivity index is 2.57. The zero-order valence-corrected chi connectivity index (χ0v) is 11.7. The number of rotatable bonds is 8. The van der Waals surface area contributed by atoms with Crippen LogP contribution in [0.1, 0.15) is 45.2 Å². The van der Waals surface area contributed by atoms with Crippen molar-refractivity contribution in [1.29, 1.82) is 0 Å². The third-order valence-electron chi connectivity index (χ3n) is 2.69. The number of hydrogen-bond donors (Lipinski definition) is 1. The molecule has 0 saturated carbocycles. The van der Waals surface area contributed by atoms with Crippen LogP contribution in [-0.4, -0.2) is 19.3 Å². The summed E-state index contributed by atoms with van der Waals surface area (Å²) in [6.07, 6.45) is 2.06. The molecule has 3 nitrogen and oxygen atoms in total. The van der Waals surface area contributed by atoms with E-state index in [-0.39, 0.29) is 12.1 Å². The Morgan fingerprint density at radius 2 is 1.94 bits per heavy atom. The quantitative estimate of drug-likeness (QED) is 0.721. The van der Waals surface area contributed by atoms with Gasteiger partial charge in [-0.3, -0.25) is 0 Å². The van der Waals surface area contributed by atoms with Crippen molar-refractivity contribution < 1.29 is 9.47 Å². The van der Waals surface area contributed by atoms with Crippen LogP contribution in [0, 0.1) is 0 Å². The fourth-order valence-electron chi connectivity index (χ4n) is 1.85. The molecule has 1 aromatic carbocycles. The number of nitrogens with two attached hydrogens (primary N) is 1. The van der Waals surface area contributed by atoms with Crippen LogP contribution in [0.4, 0.5) is 0 Å². The number of para-hydroxylation sites is 1. The van der Waals surface area contributed by atoms with Crippen LogP contribution in [0.25, 0.3) is 0 Å². The van der Waals surface area contributed by atoms with E-state index >= 15 is 0 Å². The molecule has 18 heavy (non-hydrogen) atoms. The molecule has 0 radical (unpaired) electrons. The van der Waals surface area contributed by atoms with Gasteiger partial charge in [0.15, 0.2) is 0 Å². The SMILES string of the molecule is CCOCCCC(N)c1ccccc1OC(C)C. The van der Waals surface area contributed by atoms with Crippen LogP contribution >= 0.6 is 0 Å². The van der Waals surface area contributed by atoms with Crippen LogP contribution < -0.4 is 10.5 Å². The Labute approximate surface area is 110 Å². The molecule has 1 atom stereocenters. The van der Waals surface area contributed by atoms with E-state index in [4.69, 9.17) is 15.2 Å². The number of ether oxygens (including phenoxy) is 2. The lowest BCUT2D eigenvalue weighted by Crippen LogP contribution is -2.15. The van der Waals surface area contributed by atoms with Crippen molar-refractivity contribution in [3.63, 3.8) is 0 Å². The standard InChI is InChI=1S/C15H25NO2/c1-4-17-11-7-9-14(16)13-8-5-6-10-15(13)18-12(2)3/h5-6,8,10,12,14H,4,7,9,11,16H2,1-3H3. The summed E-state index contributed by atoms with van der Waals surface area (Å²) in [5.41, 5.74) is 7.30. The Bertz CT molecular complexity index is 339. The zero-order valence-electron chi connectivity index (χ0n) is 11.7. The molecule has 0 heterocycles. The molecule has 1 unspecified atom stereocenters. The van der Waals surface area contributed by atoms with Crippen LogP contribution in [0.2, 0.25) is 0 Å². The summed E-state index contributed by atoms with van der Waals surface area (Å²) in [6.45, 7) is 7.60. The molecule has 1 rings (SSSR count). The first kappa shape index (κ1) is 15.0. The Kier molecular flexibility index (Phi) is 6.76. The smallest absolute Gasteiger partial charge is 0.124 e. The molecule has 2 N–H and O–H groups in total. The maximum atomic E-state index is 6.22. The fraction of sp³-hybridized carbons (Fsp3) is 0.600. The maximum Gasteiger partial charge on any atom is 0.124 e. The molecule has 0 aliphatic rings. The molecule has 1 aromatic rings. The van der Waals surface area contributed by atoms with Crippen molar-refractivity contribution in [2.75, 3.05) is 13.2 Å². The minimum atomic E-state index is 0.0143. The first-order valence-corrected chi connectivity index (χ1v) is 6.74. The zero-order chi connectivity index (χ0) is 13.4. The molecule has 0 bridgehead atoms.